The first-order chi connectivity index (χ1) is 10.8. The molecule has 3 heteroatoms. The number of fused-ring (bicyclic) bond motifs is 2. The summed E-state index contributed by atoms with van der Waals surface area (Å²) in [6, 6.07) is 5.87. The van der Waals surface area contributed by atoms with Crippen LogP contribution in [0.1, 0.15) is 57.1 Å². The van der Waals surface area contributed by atoms with Crippen molar-refractivity contribution in [1.29, 1.82) is 0 Å². The van der Waals surface area contributed by atoms with E-state index in [-0.39, 0.29) is 11.4 Å². The molecule has 2 aliphatic carbocycles. The molecule has 4 atom stereocenters. The first-order valence-corrected chi connectivity index (χ1v) is 8.66. The number of aromatic hydroxyl groups is 1. The number of methoxy groups -OCH3 is 1. The van der Waals surface area contributed by atoms with E-state index in [2.05, 4.69) is 19.9 Å². The average molecular weight is 316 g/mol. The Balaban J connectivity index is 2.09. The van der Waals surface area contributed by atoms with Crippen LogP contribution in [0, 0.1) is 24.2 Å². The summed E-state index contributed by atoms with van der Waals surface area (Å²) >= 11 is 0. The number of benzene rings is 1. The van der Waals surface area contributed by atoms with Crippen molar-refractivity contribution in [1.82, 2.24) is 0 Å². The van der Waals surface area contributed by atoms with E-state index >= 15 is 0 Å². The molecule has 23 heavy (non-hydrogen) atoms. The summed E-state index contributed by atoms with van der Waals surface area (Å²) in [5.74, 6) is 1.42. The van der Waals surface area contributed by atoms with Gasteiger partial charge in [-0.3, -0.25) is 4.79 Å². The molecular formula is C20H28O3. The summed E-state index contributed by atoms with van der Waals surface area (Å²) in [7, 11) is 1.48. The van der Waals surface area contributed by atoms with E-state index in [1.54, 1.807) is 6.07 Å². The molecule has 0 aromatic heterocycles. The van der Waals surface area contributed by atoms with Crippen molar-refractivity contribution >= 4 is 5.97 Å². The Kier molecular flexibility index (Phi) is 3.94. The van der Waals surface area contributed by atoms with Gasteiger partial charge in [0, 0.05) is 11.0 Å². The zero-order chi connectivity index (χ0) is 16.8. The van der Waals surface area contributed by atoms with E-state index in [9.17, 15) is 9.90 Å². The molecule has 0 amide bonds. The first-order valence-electron chi connectivity index (χ1n) is 8.66. The monoisotopic (exact) mass is 316 g/mol. The summed E-state index contributed by atoms with van der Waals surface area (Å²) in [5.41, 5.74) is 1.63. The number of phenols is 1. The van der Waals surface area contributed by atoms with E-state index in [1.165, 1.54) is 13.5 Å². The normalized spacial score (nSPS) is 36.5. The summed E-state index contributed by atoms with van der Waals surface area (Å²) in [6.07, 6.45) is 4.94. The van der Waals surface area contributed by atoms with Gasteiger partial charge in [-0.15, -0.1) is 0 Å². The smallest absolute Gasteiger partial charge is 0.311 e. The maximum absolute atomic E-state index is 12.4. The average Bonchev–Trinajstić information content (AvgIpc) is 2.47. The molecule has 0 heterocycles. The van der Waals surface area contributed by atoms with Gasteiger partial charge in [-0.25, -0.2) is 0 Å². The highest BCUT2D eigenvalue weighted by molar-refractivity contribution is 5.77. The molecule has 0 aliphatic heterocycles. The van der Waals surface area contributed by atoms with Gasteiger partial charge in [0.2, 0.25) is 0 Å². The van der Waals surface area contributed by atoms with Gasteiger partial charge in [-0.05, 0) is 63.9 Å². The van der Waals surface area contributed by atoms with Crippen molar-refractivity contribution in [2.75, 3.05) is 7.11 Å². The van der Waals surface area contributed by atoms with Crippen LogP contribution in [0.5, 0.6) is 5.75 Å². The number of esters is 1. The van der Waals surface area contributed by atoms with Gasteiger partial charge in [0.1, 0.15) is 5.75 Å². The van der Waals surface area contributed by atoms with E-state index < -0.39 is 5.41 Å². The van der Waals surface area contributed by atoms with Crippen molar-refractivity contribution in [3.63, 3.8) is 0 Å². The van der Waals surface area contributed by atoms with Crippen LogP contribution in [0.2, 0.25) is 0 Å². The van der Waals surface area contributed by atoms with Crippen molar-refractivity contribution in [2.24, 2.45) is 17.3 Å². The predicted octanol–water partition coefficient (Wildman–Crippen LogP) is 4.35. The van der Waals surface area contributed by atoms with Crippen molar-refractivity contribution in [3.05, 3.63) is 29.3 Å². The predicted molar refractivity (Wildman–Crippen MR) is 90.4 cm³/mol. The van der Waals surface area contributed by atoms with Gasteiger partial charge in [-0.2, -0.15) is 0 Å². The third-order valence-electron chi connectivity index (χ3n) is 6.02. The number of rotatable bonds is 2. The summed E-state index contributed by atoms with van der Waals surface area (Å²) in [5, 5.41) is 10.5. The Morgan fingerprint density at radius 3 is 2.74 bits per heavy atom. The standard InChI is InChI=1S/C20H28O3/c1-13-5-6-17(21)16(8-13)20-9-14(2)7-15(11-20)10-19(3,12-20)18(22)23-4/h5-6,8,14-15,21H,7,9-12H2,1-4H3. The van der Waals surface area contributed by atoms with Gasteiger partial charge in [0.05, 0.1) is 12.5 Å². The zero-order valence-corrected chi connectivity index (χ0v) is 14.7. The molecule has 3 rings (SSSR count). The largest absolute Gasteiger partial charge is 0.508 e. The molecule has 2 saturated carbocycles. The van der Waals surface area contributed by atoms with Crippen LogP contribution in [0.4, 0.5) is 0 Å². The van der Waals surface area contributed by atoms with E-state index in [0.29, 0.717) is 17.6 Å². The van der Waals surface area contributed by atoms with E-state index in [0.717, 1.165) is 36.8 Å². The van der Waals surface area contributed by atoms with Gasteiger partial charge < -0.3 is 9.84 Å². The molecule has 4 unspecified atom stereocenters. The third kappa shape index (κ3) is 2.75. The van der Waals surface area contributed by atoms with Gasteiger partial charge >= 0.3 is 5.97 Å². The minimum absolute atomic E-state index is 0.103. The van der Waals surface area contributed by atoms with Crippen molar-refractivity contribution in [3.8, 4) is 5.75 Å². The lowest BCUT2D eigenvalue weighted by molar-refractivity contribution is -0.158. The molecule has 0 saturated heterocycles. The molecule has 0 spiro atoms. The Hall–Kier alpha value is -1.51. The SMILES string of the molecule is COC(=O)C1(C)CC2CC(C)CC(c3cc(C)ccc3O)(C2)C1. The summed E-state index contributed by atoms with van der Waals surface area (Å²) in [6.45, 7) is 6.41. The Bertz CT molecular complexity index is 619. The lowest BCUT2D eigenvalue weighted by atomic mass is 9.50. The highest BCUT2D eigenvalue weighted by Crippen LogP contribution is 2.59. The van der Waals surface area contributed by atoms with E-state index in [4.69, 9.17) is 4.74 Å². The number of carbonyl (C=O) groups is 1. The minimum Gasteiger partial charge on any atom is -0.508 e. The fraction of sp³-hybridized carbons (Fsp3) is 0.650. The van der Waals surface area contributed by atoms with Crippen LogP contribution >= 0.6 is 0 Å². The van der Waals surface area contributed by atoms with Crippen LogP contribution in [-0.4, -0.2) is 18.2 Å². The molecule has 1 N–H and O–H groups in total. The third-order valence-corrected chi connectivity index (χ3v) is 6.02. The molecule has 1 aromatic rings. The lowest BCUT2D eigenvalue weighted by Crippen LogP contribution is -2.49. The molecule has 3 nitrogen and oxygen atoms in total. The Morgan fingerprint density at radius 2 is 2.04 bits per heavy atom. The molecule has 0 radical (unpaired) electrons. The topological polar surface area (TPSA) is 46.5 Å². The van der Waals surface area contributed by atoms with Crippen LogP contribution < -0.4 is 0 Å². The van der Waals surface area contributed by atoms with Gasteiger partial charge in [0.15, 0.2) is 0 Å². The maximum Gasteiger partial charge on any atom is 0.311 e. The van der Waals surface area contributed by atoms with Crippen LogP contribution in [0.3, 0.4) is 0 Å². The van der Waals surface area contributed by atoms with Crippen LogP contribution in [0.15, 0.2) is 18.2 Å². The second kappa shape index (κ2) is 5.54. The molecule has 2 bridgehead atoms. The lowest BCUT2D eigenvalue weighted by Gasteiger charge is -2.53. The highest BCUT2D eigenvalue weighted by Gasteiger charge is 2.54. The first kappa shape index (κ1) is 16.4. The number of hydrogen-bond acceptors (Lipinski definition) is 3. The Morgan fingerprint density at radius 1 is 1.30 bits per heavy atom. The summed E-state index contributed by atoms with van der Waals surface area (Å²) in [4.78, 5) is 12.4. The molecular weight excluding hydrogens is 288 g/mol. The van der Waals surface area contributed by atoms with Gasteiger partial charge in [0.25, 0.3) is 0 Å². The number of phenolic OH excluding ortho intramolecular Hbond substituents is 1. The van der Waals surface area contributed by atoms with Gasteiger partial charge in [-0.1, -0.05) is 24.6 Å². The number of hydrogen-bond donors (Lipinski definition) is 1. The molecule has 126 valence electrons. The fourth-order valence-corrected chi connectivity index (χ4v) is 5.59. The van der Waals surface area contributed by atoms with Crippen molar-refractivity contribution < 1.29 is 14.6 Å². The number of carbonyl (C=O) groups excluding carboxylic acids is 1. The quantitative estimate of drug-likeness (QED) is 0.825. The molecule has 2 fully saturated rings. The van der Waals surface area contributed by atoms with Crippen LogP contribution in [0.25, 0.3) is 0 Å². The maximum atomic E-state index is 12.4. The minimum atomic E-state index is -0.450. The molecule has 1 aromatic carbocycles. The molecule has 2 aliphatic rings. The number of aryl methyl sites for hydroxylation is 1. The van der Waals surface area contributed by atoms with Crippen molar-refractivity contribution in [2.45, 2.75) is 58.3 Å². The second-order valence-corrected chi connectivity index (χ2v) is 8.35. The summed E-state index contributed by atoms with van der Waals surface area (Å²) < 4.78 is 5.12. The Labute approximate surface area is 139 Å². The van der Waals surface area contributed by atoms with E-state index in [1.807, 2.05) is 13.0 Å². The number of ether oxygens (including phenoxy) is 1. The zero-order valence-electron chi connectivity index (χ0n) is 14.7. The second-order valence-electron chi connectivity index (χ2n) is 8.35. The van der Waals surface area contributed by atoms with Crippen LogP contribution in [-0.2, 0) is 14.9 Å². The highest BCUT2D eigenvalue weighted by atomic mass is 16.5. The fourth-order valence-electron chi connectivity index (χ4n) is 5.59.